The summed E-state index contributed by atoms with van der Waals surface area (Å²) in [4.78, 5) is 13.9. The molecule has 4 heteroatoms. The number of amides is 1. The van der Waals surface area contributed by atoms with Crippen LogP contribution in [0.25, 0.3) is 0 Å². The molecular weight excluding hydrogens is 202 g/mol. The number of nitriles is 1. The highest BCUT2D eigenvalue weighted by atomic mass is 16.2. The number of nitrogens with zero attached hydrogens (tertiary/aromatic N) is 2. The summed E-state index contributed by atoms with van der Waals surface area (Å²) in [5.74, 6) is -0.0745. The lowest BCUT2D eigenvalue weighted by atomic mass is 10.1. The number of carbonyl (C=O) groups excluding carboxylic acids is 1. The zero-order valence-corrected chi connectivity index (χ0v) is 10.3. The predicted octanol–water partition coefficient (Wildman–Crippen LogP) is 1.14. The van der Waals surface area contributed by atoms with Crippen LogP contribution in [0, 0.1) is 16.7 Å². The monoisotopic (exact) mass is 223 g/mol. The minimum absolute atomic E-state index is 0.0745. The summed E-state index contributed by atoms with van der Waals surface area (Å²) in [5, 5.41) is 11.7. The van der Waals surface area contributed by atoms with E-state index >= 15 is 0 Å². The van der Waals surface area contributed by atoms with E-state index in [9.17, 15) is 4.79 Å². The molecule has 0 saturated heterocycles. The first kappa shape index (κ1) is 13.0. The van der Waals surface area contributed by atoms with Crippen LogP contribution in [0.2, 0.25) is 0 Å². The van der Waals surface area contributed by atoms with E-state index in [0.29, 0.717) is 6.54 Å². The van der Waals surface area contributed by atoms with E-state index in [2.05, 4.69) is 30.1 Å². The fourth-order valence-electron chi connectivity index (χ4n) is 1.73. The third-order valence-electron chi connectivity index (χ3n) is 3.23. The van der Waals surface area contributed by atoms with Gasteiger partial charge in [0.2, 0.25) is 5.91 Å². The van der Waals surface area contributed by atoms with Crippen LogP contribution in [0.5, 0.6) is 0 Å². The van der Waals surface area contributed by atoms with Crippen molar-refractivity contribution < 1.29 is 4.79 Å². The summed E-state index contributed by atoms with van der Waals surface area (Å²) in [6.45, 7) is 8.05. The van der Waals surface area contributed by atoms with Crippen molar-refractivity contribution in [2.24, 2.45) is 5.41 Å². The van der Waals surface area contributed by atoms with Gasteiger partial charge in [-0.2, -0.15) is 5.26 Å². The fraction of sp³-hybridized carbons (Fsp3) is 0.833. The summed E-state index contributed by atoms with van der Waals surface area (Å²) in [7, 11) is 0. The van der Waals surface area contributed by atoms with Crippen molar-refractivity contribution in [1.29, 1.82) is 5.26 Å². The van der Waals surface area contributed by atoms with Crippen LogP contribution < -0.4 is 5.32 Å². The second-order valence-electron chi connectivity index (χ2n) is 4.33. The average Bonchev–Trinajstić information content (AvgIpc) is 3.10. The standard InChI is InChI=1S/C12H21N3O/c1-3-15(4-2)9-5-8-14-11(16)12(10-13)6-7-12/h3-9H2,1-2H3,(H,14,16). The molecule has 0 aromatic heterocycles. The minimum atomic E-state index is -0.671. The molecule has 90 valence electrons. The lowest BCUT2D eigenvalue weighted by Gasteiger charge is -2.17. The first-order valence-corrected chi connectivity index (χ1v) is 6.10. The maximum atomic E-state index is 11.6. The van der Waals surface area contributed by atoms with Crippen molar-refractivity contribution >= 4 is 5.91 Å². The van der Waals surface area contributed by atoms with Gasteiger partial charge < -0.3 is 10.2 Å². The van der Waals surface area contributed by atoms with E-state index in [1.165, 1.54) is 0 Å². The van der Waals surface area contributed by atoms with Crippen molar-refractivity contribution in [3.63, 3.8) is 0 Å². The van der Waals surface area contributed by atoms with Crippen LogP contribution in [0.3, 0.4) is 0 Å². The van der Waals surface area contributed by atoms with E-state index in [0.717, 1.165) is 38.9 Å². The Morgan fingerprint density at radius 2 is 2.06 bits per heavy atom. The Morgan fingerprint density at radius 1 is 1.44 bits per heavy atom. The number of carbonyl (C=O) groups is 1. The van der Waals surface area contributed by atoms with Gasteiger partial charge in [-0.05, 0) is 38.9 Å². The molecule has 0 bridgehead atoms. The molecule has 1 aliphatic rings. The normalized spacial score (nSPS) is 16.9. The first-order valence-electron chi connectivity index (χ1n) is 6.10. The molecule has 1 rings (SSSR count). The van der Waals surface area contributed by atoms with E-state index in [1.807, 2.05) is 0 Å². The molecule has 0 aliphatic heterocycles. The maximum Gasteiger partial charge on any atom is 0.240 e. The van der Waals surface area contributed by atoms with E-state index < -0.39 is 5.41 Å². The second-order valence-corrected chi connectivity index (χ2v) is 4.33. The number of nitrogens with one attached hydrogen (secondary N) is 1. The van der Waals surface area contributed by atoms with Crippen LogP contribution >= 0.6 is 0 Å². The fourth-order valence-corrected chi connectivity index (χ4v) is 1.73. The van der Waals surface area contributed by atoms with E-state index in [4.69, 9.17) is 5.26 Å². The molecule has 0 unspecified atom stereocenters. The molecule has 0 atom stereocenters. The van der Waals surface area contributed by atoms with Gasteiger partial charge in [0.1, 0.15) is 5.41 Å². The van der Waals surface area contributed by atoms with Crippen molar-refractivity contribution in [1.82, 2.24) is 10.2 Å². The lowest BCUT2D eigenvalue weighted by molar-refractivity contribution is -0.124. The van der Waals surface area contributed by atoms with Gasteiger partial charge in [0, 0.05) is 6.54 Å². The van der Waals surface area contributed by atoms with Gasteiger partial charge in [0.05, 0.1) is 6.07 Å². The Morgan fingerprint density at radius 3 is 2.50 bits per heavy atom. The van der Waals surface area contributed by atoms with Crippen LogP contribution in [-0.2, 0) is 4.79 Å². The lowest BCUT2D eigenvalue weighted by Crippen LogP contribution is -2.34. The summed E-state index contributed by atoms with van der Waals surface area (Å²) in [6.07, 6.45) is 2.41. The molecule has 4 nitrogen and oxygen atoms in total. The van der Waals surface area contributed by atoms with Gasteiger partial charge in [-0.25, -0.2) is 0 Å². The summed E-state index contributed by atoms with van der Waals surface area (Å²) < 4.78 is 0. The molecule has 0 spiro atoms. The molecular formula is C12H21N3O. The topological polar surface area (TPSA) is 56.1 Å². The largest absolute Gasteiger partial charge is 0.355 e. The van der Waals surface area contributed by atoms with Crippen LogP contribution in [0.15, 0.2) is 0 Å². The van der Waals surface area contributed by atoms with Gasteiger partial charge in [-0.1, -0.05) is 13.8 Å². The molecule has 0 heterocycles. The average molecular weight is 223 g/mol. The Labute approximate surface area is 97.6 Å². The predicted molar refractivity (Wildman–Crippen MR) is 62.7 cm³/mol. The second kappa shape index (κ2) is 5.86. The molecule has 16 heavy (non-hydrogen) atoms. The Balaban J connectivity index is 2.12. The SMILES string of the molecule is CCN(CC)CCCNC(=O)C1(C#N)CC1. The third kappa shape index (κ3) is 3.21. The number of rotatable bonds is 7. The number of hydrogen-bond acceptors (Lipinski definition) is 3. The quantitative estimate of drug-likeness (QED) is 0.658. The van der Waals surface area contributed by atoms with Gasteiger partial charge in [-0.3, -0.25) is 4.79 Å². The van der Waals surface area contributed by atoms with E-state index in [1.54, 1.807) is 0 Å². The smallest absolute Gasteiger partial charge is 0.240 e. The molecule has 0 radical (unpaired) electrons. The van der Waals surface area contributed by atoms with Crippen LogP contribution in [-0.4, -0.2) is 37.0 Å². The molecule has 1 aliphatic carbocycles. The Hall–Kier alpha value is -1.08. The van der Waals surface area contributed by atoms with E-state index in [-0.39, 0.29) is 5.91 Å². The van der Waals surface area contributed by atoms with Crippen molar-refractivity contribution in [2.75, 3.05) is 26.2 Å². The van der Waals surface area contributed by atoms with Crippen molar-refractivity contribution in [2.45, 2.75) is 33.1 Å². The summed E-state index contributed by atoms with van der Waals surface area (Å²) in [5.41, 5.74) is -0.671. The molecule has 1 fully saturated rings. The van der Waals surface area contributed by atoms with Gasteiger partial charge in [-0.15, -0.1) is 0 Å². The van der Waals surface area contributed by atoms with Crippen molar-refractivity contribution in [3.8, 4) is 6.07 Å². The van der Waals surface area contributed by atoms with Gasteiger partial charge >= 0.3 is 0 Å². The highest BCUT2D eigenvalue weighted by Crippen LogP contribution is 2.44. The third-order valence-corrected chi connectivity index (χ3v) is 3.23. The maximum absolute atomic E-state index is 11.6. The zero-order valence-electron chi connectivity index (χ0n) is 10.3. The van der Waals surface area contributed by atoms with Crippen LogP contribution in [0.4, 0.5) is 0 Å². The Bertz CT molecular complexity index is 274. The molecule has 1 amide bonds. The summed E-state index contributed by atoms with van der Waals surface area (Å²) in [6, 6.07) is 2.10. The highest BCUT2D eigenvalue weighted by Gasteiger charge is 2.50. The molecule has 1 N–H and O–H groups in total. The Kier molecular flexibility index (Phi) is 4.75. The van der Waals surface area contributed by atoms with Gasteiger partial charge in [0.15, 0.2) is 0 Å². The van der Waals surface area contributed by atoms with Crippen LogP contribution in [0.1, 0.15) is 33.1 Å². The first-order chi connectivity index (χ1) is 7.68. The molecule has 0 aromatic carbocycles. The minimum Gasteiger partial charge on any atom is -0.355 e. The highest BCUT2D eigenvalue weighted by molar-refractivity contribution is 5.88. The van der Waals surface area contributed by atoms with Gasteiger partial charge in [0.25, 0.3) is 0 Å². The number of hydrogen-bond donors (Lipinski definition) is 1. The molecule has 0 aromatic rings. The summed E-state index contributed by atoms with van der Waals surface area (Å²) >= 11 is 0. The zero-order chi connectivity index (χ0) is 12.0. The molecule has 1 saturated carbocycles. The van der Waals surface area contributed by atoms with Crippen molar-refractivity contribution in [3.05, 3.63) is 0 Å².